The SMILES string of the molecule is O=S(=O)(NCc1ccsc1)c1ccc(CO)c(Cl)c1. The minimum Gasteiger partial charge on any atom is -0.392 e. The van der Waals surface area contributed by atoms with Gasteiger partial charge in [0.05, 0.1) is 11.5 Å². The summed E-state index contributed by atoms with van der Waals surface area (Å²) in [5, 5.41) is 13.0. The fourth-order valence-corrected chi connectivity index (χ4v) is 3.50. The third-order valence-corrected chi connectivity index (χ3v) is 5.03. The summed E-state index contributed by atoms with van der Waals surface area (Å²) >= 11 is 7.39. The molecule has 19 heavy (non-hydrogen) atoms. The number of aliphatic hydroxyl groups excluding tert-OH is 1. The van der Waals surface area contributed by atoms with Crippen LogP contribution in [0.3, 0.4) is 0 Å². The summed E-state index contributed by atoms with van der Waals surface area (Å²) in [6.07, 6.45) is 0. The minimum absolute atomic E-state index is 0.0879. The van der Waals surface area contributed by atoms with E-state index in [0.29, 0.717) is 5.56 Å². The van der Waals surface area contributed by atoms with Crippen molar-refractivity contribution in [1.82, 2.24) is 4.72 Å². The quantitative estimate of drug-likeness (QED) is 0.889. The zero-order valence-electron chi connectivity index (χ0n) is 9.84. The molecule has 102 valence electrons. The van der Waals surface area contributed by atoms with E-state index in [9.17, 15) is 8.42 Å². The van der Waals surface area contributed by atoms with Crippen LogP contribution in [0.2, 0.25) is 5.02 Å². The molecule has 0 saturated carbocycles. The van der Waals surface area contributed by atoms with Gasteiger partial charge in [-0.25, -0.2) is 13.1 Å². The molecule has 1 aromatic carbocycles. The number of hydrogen-bond acceptors (Lipinski definition) is 4. The second kappa shape index (κ2) is 6.02. The van der Waals surface area contributed by atoms with E-state index in [-0.39, 0.29) is 23.1 Å². The van der Waals surface area contributed by atoms with Crippen molar-refractivity contribution in [2.24, 2.45) is 0 Å². The Morgan fingerprint density at radius 3 is 2.68 bits per heavy atom. The predicted molar refractivity (Wildman–Crippen MR) is 75.7 cm³/mol. The van der Waals surface area contributed by atoms with Crippen LogP contribution in [0.5, 0.6) is 0 Å². The zero-order valence-corrected chi connectivity index (χ0v) is 12.2. The van der Waals surface area contributed by atoms with Gasteiger partial charge >= 0.3 is 0 Å². The molecule has 2 N–H and O–H groups in total. The average Bonchev–Trinajstić information content (AvgIpc) is 2.89. The molecule has 0 aliphatic rings. The number of aliphatic hydroxyl groups is 1. The monoisotopic (exact) mass is 317 g/mol. The molecule has 2 aromatic rings. The van der Waals surface area contributed by atoms with Crippen molar-refractivity contribution in [3.63, 3.8) is 0 Å². The highest BCUT2D eigenvalue weighted by Gasteiger charge is 2.15. The first-order valence-corrected chi connectivity index (χ1v) is 8.23. The van der Waals surface area contributed by atoms with Crippen molar-refractivity contribution in [1.29, 1.82) is 0 Å². The van der Waals surface area contributed by atoms with Gasteiger partial charge < -0.3 is 5.11 Å². The predicted octanol–water partition coefficient (Wildman–Crippen LogP) is 2.37. The molecule has 2 rings (SSSR count). The molecule has 0 radical (unpaired) electrons. The zero-order chi connectivity index (χ0) is 13.9. The van der Waals surface area contributed by atoms with Crippen molar-refractivity contribution in [3.8, 4) is 0 Å². The van der Waals surface area contributed by atoms with Crippen LogP contribution in [-0.4, -0.2) is 13.5 Å². The van der Waals surface area contributed by atoms with E-state index in [2.05, 4.69) is 4.72 Å². The summed E-state index contributed by atoms with van der Waals surface area (Å²) in [6.45, 7) is 0.0205. The van der Waals surface area contributed by atoms with Gasteiger partial charge in [-0.1, -0.05) is 17.7 Å². The third-order valence-electron chi connectivity index (χ3n) is 2.55. The van der Waals surface area contributed by atoms with Gasteiger partial charge in [0.25, 0.3) is 0 Å². The number of hydrogen-bond donors (Lipinski definition) is 2. The highest BCUT2D eigenvalue weighted by atomic mass is 35.5. The van der Waals surface area contributed by atoms with Gasteiger partial charge in [0, 0.05) is 11.6 Å². The molecular weight excluding hydrogens is 306 g/mol. The van der Waals surface area contributed by atoms with Crippen LogP contribution in [0.4, 0.5) is 0 Å². The Morgan fingerprint density at radius 2 is 2.11 bits per heavy atom. The van der Waals surface area contributed by atoms with Crippen molar-refractivity contribution in [2.45, 2.75) is 18.0 Å². The van der Waals surface area contributed by atoms with E-state index in [1.165, 1.54) is 29.5 Å². The molecule has 0 bridgehead atoms. The second-order valence-electron chi connectivity index (χ2n) is 3.87. The molecule has 0 amide bonds. The topological polar surface area (TPSA) is 66.4 Å². The first kappa shape index (κ1) is 14.5. The van der Waals surface area contributed by atoms with Crippen LogP contribution in [0.1, 0.15) is 11.1 Å². The maximum absolute atomic E-state index is 12.1. The van der Waals surface area contributed by atoms with Gasteiger partial charge in [0.1, 0.15) is 0 Å². The van der Waals surface area contributed by atoms with Crippen LogP contribution in [-0.2, 0) is 23.2 Å². The standard InChI is InChI=1S/C12H12ClNO3S2/c13-12-5-11(2-1-10(12)7-15)19(16,17)14-6-9-3-4-18-8-9/h1-5,8,14-15H,6-7H2. The van der Waals surface area contributed by atoms with Gasteiger partial charge in [-0.15, -0.1) is 0 Å². The molecule has 4 nitrogen and oxygen atoms in total. The highest BCUT2D eigenvalue weighted by Crippen LogP contribution is 2.21. The Hall–Kier alpha value is -0.920. The van der Waals surface area contributed by atoms with Crippen molar-refractivity contribution < 1.29 is 13.5 Å². The normalized spacial score (nSPS) is 11.7. The highest BCUT2D eigenvalue weighted by molar-refractivity contribution is 7.89. The number of thiophene rings is 1. The van der Waals surface area contributed by atoms with E-state index in [1.807, 2.05) is 16.8 Å². The Balaban J connectivity index is 2.17. The summed E-state index contributed by atoms with van der Waals surface area (Å²) in [6, 6.07) is 6.12. The lowest BCUT2D eigenvalue weighted by Crippen LogP contribution is -2.23. The molecule has 0 unspecified atom stereocenters. The second-order valence-corrected chi connectivity index (χ2v) is 6.82. The number of rotatable bonds is 5. The lowest BCUT2D eigenvalue weighted by Gasteiger charge is -2.08. The summed E-state index contributed by atoms with van der Waals surface area (Å²) in [4.78, 5) is 0.0879. The number of halogens is 1. The van der Waals surface area contributed by atoms with E-state index in [0.717, 1.165) is 5.56 Å². The molecule has 0 aliphatic carbocycles. The fraction of sp³-hybridized carbons (Fsp3) is 0.167. The molecule has 0 saturated heterocycles. The molecule has 1 aromatic heterocycles. The summed E-state index contributed by atoms with van der Waals surface area (Å²) in [7, 11) is -3.60. The van der Waals surface area contributed by atoms with Crippen molar-refractivity contribution in [3.05, 3.63) is 51.2 Å². The molecule has 0 spiro atoms. The number of nitrogens with one attached hydrogen (secondary N) is 1. The molecular formula is C12H12ClNO3S2. The van der Waals surface area contributed by atoms with E-state index in [4.69, 9.17) is 16.7 Å². The van der Waals surface area contributed by atoms with Crippen molar-refractivity contribution in [2.75, 3.05) is 0 Å². The maximum Gasteiger partial charge on any atom is 0.240 e. The van der Waals surface area contributed by atoms with Crippen LogP contribution >= 0.6 is 22.9 Å². The number of benzene rings is 1. The Bertz CT molecular complexity index is 654. The smallest absolute Gasteiger partial charge is 0.240 e. The maximum atomic E-state index is 12.1. The molecule has 7 heteroatoms. The third kappa shape index (κ3) is 3.55. The average molecular weight is 318 g/mol. The minimum atomic E-state index is -3.60. The first-order chi connectivity index (χ1) is 9.03. The summed E-state index contributed by atoms with van der Waals surface area (Å²) in [5.41, 5.74) is 1.41. The number of sulfonamides is 1. The van der Waals surface area contributed by atoms with E-state index < -0.39 is 10.0 Å². The summed E-state index contributed by atoms with van der Waals surface area (Å²) in [5.74, 6) is 0. The van der Waals surface area contributed by atoms with E-state index in [1.54, 1.807) is 0 Å². The van der Waals surface area contributed by atoms with Crippen LogP contribution in [0, 0.1) is 0 Å². The molecule has 0 atom stereocenters. The van der Waals surface area contributed by atoms with Crippen LogP contribution in [0.15, 0.2) is 39.9 Å². The Kier molecular flexibility index (Phi) is 4.59. The van der Waals surface area contributed by atoms with E-state index >= 15 is 0 Å². The lowest BCUT2D eigenvalue weighted by atomic mass is 10.2. The van der Waals surface area contributed by atoms with Crippen LogP contribution < -0.4 is 4.72 Å². The Morgan fingerprint density at radius 1 is 1.32 bits per heavy atom. The largest absolute Gasteiger partial charge is 0.392 e. The Labute approximate surface area is 120 Å². The molecule has 0 aliphatic heterocycles. The van der Waals surface area contributed by atoms with Gasteiger partial charge in [-0.2, -0.15) is 11.3 Å². The lowest BCUT2D eigenvalue weighted by molar-refractivity contribution is 0.282. The molecule has 1 heterocycles. The first-order valence-electron chi connectivity index (χ1n) is 5.43. The van der Waals surface area contributed by atoms with Crippen LogP contribution in [0.25, 0.3) is 0 Å². The van der Waals surface area contributed by atoms with Crippen molar-refractivity contribution >= 4 is 33.0 Å². The molecule has 0 fully saturated rings. The van der Waals surface area contributed by atoms with Gasteiger partial charge in [-0.3, -0.25) is 0 Å². The van der Waals surface area contributed by atoms with Gasteiger partial charge in [0.15, 0.2) is 0 Å². The van der Waals surface area contributed by atoms with Gasteiger partial charge in [-0.05, 0) is 40.1 Å². The van der Waals surface area contributed by atoms with Gasteiger partial charge in [0.2, 0.25) is 10.0 Å². The fourth-order valence-electron chi connectivity index (χ4n) is 1.48. The summed E-state index contributed by atoms with van der Waals surface area (Å²) < 4.78 is 26.6.